The van der Waals surface area contributed by atoms with Gasteiger partial charge in [0.25, 0.3) is 0 Å². The van der Waals surface area contributed by atoms with Gasteiger partial charge in [0.2, 0.25) is 0 Å². The van der Waals surface area contributed by atoms with Gasteiger partial charge in [-0.25, -0.2) is 4.79 Å². The van der Waals surface area contributed by atoms with Crippen molar-refractivity contribution in [1.29, 1.82) is 0 Å². The minimum absolute atomic E-state index is 0.118. The molecular formula is C13H19ClN2O3. The molecule has 0 spiro atoms. The summed E-state index contributed by atoms with van der Waals surface area (Å²) in [6.07, 6.45) is 0. The van der Waals surface area contributed by atoms with E-state index in [1.807, 2.05) is 12.1 Å². The maximum absolute atomic E-state index is 11.5. The lowest BCUT2D eigenvalue weighted by Gasteiger charge is -2.22. The van der Waals surface area contributed by atoms with E-state index in [0.717, 1.165) is 5.56 Å². The molecule has 0 aliphatic heterocycles. The fourth-order valence-electron chi connectivity index (χ4n) is 1.48. The average molecular weight is 287 g/mol. The van der Waals surface area contributed by atoms with Crippen molar-refractivity contribution < 1.29 is 14.6 Å². The largest absolute Gasteiger partial charge is 0.386 e. The van der Waals surface area contributed by atoms with Crippen LogP contribution in [-0.4, -0.2) is 37.0 Å². The Morgan fingerprint density at radius 1 is 1.37 bits per heavy atom. The summed E-state index contributed by atoms with van der Waals surface area (Å²) < 4.78 is 4.85. The summed E-state index contributed by atoms with van der Waals surface area (Å²) >= 11 is 5.76. The van der Waals surface area contributed by atoms with Gasteiger partial charge in [-0.05, 0) is 24.6 Å². The van der Waals surface area contributed by atoms with E-state index in [4.69, 9.17) is 16.3 Å². The molecule has 0 saturated heterocycles. The van der Waals surface area contributed by atoms with Gasteiger partial charge in [-0.2, -0.15) is 0 Å². The Labute approximate surface area is 117 Å². The van der Waals surface area contributed by atoms with Gasteiger partial charge in [-0.1, -0.05) is 23.7 Å². The molecule has 1 rings (SSSR count). The fourth-order valence-corrected chi connectivity index (χ4v) is 1.61. The van der Waals surface area contributed by atoms with E-state index in [2.05, 4.69) is 10.6 Å². The van der Waals surface area contributed by atoms with E-state index in [9.17, 15) is 9.90 Å². The Bertz CT molecular complexity index is 407. The van der Waals surface area contributed by atoms with Crippen molar-refractivity contribution in [2.45, 2.75) is 19.1 Å². The van der Waals surface area contributed by atoms with Gasteiger partial charge in [0.05, 0.1) is 13.2 Å². The molecule has 5 nitrogen and oxygen atoms in total. The molecule has 3 N–H and O–H groups in total. The molecule has 0 aromatic heterocycles. The number of carbonyl (C=O) groups is 1. The Balaban J connectivity index is 2.30. The molecule has 0 unspecified atom stereocenters. The predicted molar refractivity (Wildman–Crippen MR) is 74.2 cm³/mol. The molecule has 106 valence electrons. The molecular weight excluding hydrogens is 268 g/mol. The van der Waals surface area contributed by atoms with Crippen LogP contribution < -0.4 is 10.6 Å². The van der Waals surface area contributed by atoms with E-state index in [0.29, 0.717) is 11.6 Å². The van der Waals surface area contributed by atoms with Crippen LogP contribution in [0, 0.1) is 0 Å². The van der Waals surface area contributed by atoms with Gasteiger partial charge in [-0.15, -0.1) is 0 Å². The maximum atomic E-state index is 11.5. The Morgan fingerprint density at radius 3 is 2.58 bits per heavy atom. The van der Waals surface area contributed by atoms with Crippen LogP contribution in [-0.2, 0) is 11.3 Å². The normalized spacial score (nSPS) is 13.7. The minimum Gasteiger partial charge on any atom is -0.386 e. The number of aliphatic hydroxyl groups is 1. The van der Waals surface area contributed by atoms with Crippen LogP contribution in [0.4, 0.5) is 4.79 Å². The molecule has 6 heteroatoms. The first kappa shape index (κ1) is 15.8. The number of hydrogen-bond donors (Lipinski definition) is 3. The average Bonchev–Trinajstić information content (AvgIpc) is 2.36. The molecule has 2 amide bonds. The standard InChI is InChI=1S/C13H19ClN2O3/c1-13(18,9-19-2)8-16-12(17)15-7-10-3-5-11(14)6-4-10/h3-6,18H,7-9H2,1-2H3,(H2,15,16,17)/t13-/m1/s1. The molecule has 0 fully saturated rings. The maximum Gasteiger partial charge on any atom is 0.315 e. The quantitative estimate of drug-likeness (QED) is 0.743. The van der Waals surface area contributed by atoms with Crippen molar-refractivity contribution in [2.24, 2.45) is 0 Å². The molecule has 0 aliphatic carbocycles. The Morgan fingerprint density at radius 2 is 2.00 bits per heavy atom. The van der Waals surface area contributed by atoms with Crippen molar-refractivity contribution in [2.75, 3.05) is 20.3 Å². The van der Waals surface area contributed by atoms with Crippen LogP contribution in [0.2, 0.25) is 5.02 Å². The third-order valence-electron chi connectivity index (χ3n) is 2.45. The lowest BCUT2D eigenvalue weighted by molar-refractivity contribution is -0.0136. The van der Waals surface area contributed by atoms with Gasteiger partial charge in [0.15, 0.2) is 0 Å². The second kappa shape index (κ2) is 7.33. The molecule has 1 aromatic carbocycles. The third kappa shape index (κ3) is 6.42. The molecule has 0 aliphatic rings. The first-order chi connectivity index (χ1) is 8.93. The Hall–Kier alpha value is -1.30. The van der Waals surface area contributed by atoms with Gasteiger partial charge in [-0.3, -0.25) is 0 Å². The van der Waals surface area contributed by atoms with Gasteiger partial charge >= 0.3 is 6.03 Å². The number of benzene rings is 1. The number of nitrogens with one attached hydrogen (secondary N) is 2. The molecule has 1 atom stereocenters. The van der Waals surface area contributed by atoms with Crippen LogP contribution >= 0.6 is 11.6 Å². The first-order valence-electron chi connectivity index (χ1n) is 5.90. The molecule has 0 bridgehead atoms. The molecule has 1 aromatic rings. The lowest BCUT2D eigenvalue weighted by atomic mass is 10.1. The van der Waals surface area contributed by atoms with Crippen molar-refractivity contribution in [3.63, 3.8) is 0 Å². The second-order valence-electron chi connectivity index (χ2n) is 4.59. The molecule has 0 saturated carbocycles. The van der Waals surface area contributed by atoms with Crippen molar-refractivity contribution in [3.8, 4) is 0 Å². The van der Waals surface area contributed by atoms with Crippen molar-refractivity contribution >= 4 is 17.6 Å². The van der Waals surface area contributed by atoms with Gasteiger partial charge in [0.1, 0.15) is 5.60 Å². The summed E-state index contributed by atoms with van der Waals surface area (Å²) in [7, 11) is 1.50. The predicted octanol–water partition coefficient (Wildman–Crippen LogP) is 1.54. The van der Waals surface area contributed by atoms with Gasteiger partial charge < -0.3 is 20.5 Å². The monoisotopic (exact) mass is 286 g/mol. The number of ether oxygens (including phenoxy) is 1. The highest BCUT2D eigenvalue weighted by atomic mass is 35.5. The molecule has 0 heterocycles. The van der Waals surface area contributed by atoms with E-state index >= 15 is 0 Å². The van der Waals surface area contributed by atoms with Crippen LogP contribution in [0.15, 0.2) is 24.3 Å². The zero-order valence-electron chi connectivity index (χ0n) is 11.1. The second-order valence-corrected chi connectivity index (χ2v) is 5.03. The number of methoxy groups -OCH3 is 1. The SMILES string of the molecule is COC[C@](C)(O)CNC(=O)NCc1ccc(Cl)cc1. The number of halogens is 1. The number of carbonyl (C=O) groups excluding carboxylic acids is 1. The third-order valence-corrected chi connectivity index (χ3v) is 2.70. The summed E-state index contributed by atoms with van der Waals surface area (Å²) in [6.45, 7) is 2.27. The van der Waals surface area contributed by atoms with Crippen LogP contribution in [0.25, 0.3) is 0 Å². The zero-order valence-corrected chi connectivity index (χ0v) is 11.8. The van der Waals surface area contributed by atoms with Crippen LogP contribution in [0.1, 0.15) is 12.5 Å². The van der Waals surface area contributed by atoms with Gasteiger partial charge in [0, 0.05) is 18.7 Å². The fraction of sp³-hybridized carbons (Fsp3) is 0.462. The first-order valence-corrected chi connectivity index (χ1v) is 6.28. The van der Waals surface area contributed by atoms with E-state index < -0.39 is 5.60 Å². The number of hydrogen-bond acceptors (Lipinski definition) is 3. The minimum atomic E-state index is -1.08. The van der Waals surface area contributed by atoms with Crippen LogP contribution in [0.3, 0.4) is 0 Å². The molecule has 0 radical (unpaired) electrons. The van der Waals surface area contributed by atoms with Crippen molar-refractivity contribution in [3.05, 3.63) is 34.9 Å². The summed E-state index contributed by atoms with van der Waals surface area (Å²) in [4.78, 5) is 11.5. The lowest BCUT2D eigenvalue weighted by Crippen LogP contribution is -2.46. The molecule has 19 heavy (non-hydrogen) atoms. The highest BCUT2D eigenvalue weighted by Crippen LogP contribution is 2.09. The topological polar surface area (TPSA) is 70.6 Å². The summed E-state index contributed by atoms with van der Waals surface area (Å²) in [5, 5.41) is 15.7. The number of rotatable bonds is 6. The summed E-state index contributed by atoms with van der Waals surface area (Å²) in [6, 6.07) is 6.86. The highest BCUT2D eigenvalue weighted by molar-refractivity contribution is 6.30. The summed E-state index contributed by atoms with van der Waals surface area (Å²) in [5.41, 5.74) is -0.130. The smallest absolute Gasteiger partial charge is 0.315 e. The number of amides is 2. The Kier molecular flexibility index (Phi) is 6.08. The van der Waals surface area contributed by atoms with E-state index in [1.165, 1.54) is 7.11 Å². The highest BCUT2D eigenvalue weighted by Gasteiger charge is 2.20. The zero-order chi connectivity index (χ0) is 14.3. The summed E-state index contributed by atoms with van der Waals surface area (Å²) in [5.74, 6) is 0. The van der Waals surface area contributed by atoms with E-state index in [-0.39, 0.29) is 19.2 Å². The van der Waals surface area contributed by atoms with Crippen molar-refractivity contribution in [1.82, 2.24) is 10.6 Å². The van der Waals surface area contributed by atoms with E-state index in [1.54, 1.807) is 19.1 Å². The number of urea groups is 1. The van der Waals surface area contributed by atoms with Crippen LogP contribution in [0.5, 0.6) is 0 Å².